The summed E-state index contributed by atoms with van der Waals surface area (Å²) in [4.78, 5) is 37.6. The van der Waals surface area contributed by atoms with Crippen LogP contribution in [-0.4, -0.2) is 41.2 Å². The van der Waals surface area contributed by atoms with Gasteiger partial charge in [-0.25, -0.2) is 4.79 Å². The van der Waals surface area contributed by atoms with E-state index >= 15 is 0 Å². The van der Waals surface area contributed by atoms with Crippen molar-refractivity contribution >= 4 is 17.6 Å². The fourth-order valence-electron chi connectivity index (χ4n) is 4.49. The van der Waals surface area contributed by atoms with Gasteiger partial charge in [-0.2, -0.15) is 0 Å². The summed E-state index contributed by atoms with van der Waals surface area (Å²) < 4.78 is 47.0. The minimum Gasteiger partial charge on any atom is -0.410 e. The van der Waals surface area contributed by atoms with Gasteiger partial charge in [0.05, 0.1) is 4.92 Å². The second-order valence-electron chi connectivity index (χ2n) is 8.93. The van der Waals surface area contributed by atoms with Crippen LogP contribution in [0.3, 0.4) is 0 Å². The molecule has 0 aliphatic carbocycles. The zero-order valence-corrected chi connectivity index (χ0v) is 20.0. The third kappa shape index (κ3) is 7.09. The maximum absolute atomic E-state index is 13.0. The second kappa shape index (κ2) is 11.3. The maximum Gasteiger partial charge on any atom is 0.573 e. The molecule has 0 saturated carbocycles. The number of alkyl halides is 3. The molecule has 4 rings (SSSR count). The topological polar surface area (TPSA) is 99.0 Å². The van der Waals surface area contributed by atoms with Crippen LogP contribution in [0, 0.1) is 16.0 Å². The number of halogens is 3. The fraction of sp³-hybridized carbons (Fsp3) is 0.259. The number of benzene rings is 3. The molecule has 0 spiro atoms. The number of carbonyl (C=O) groups excluding carboxylic acids is 2. The Labute approximate surface area is 215 Å². The number of carbonyl (C=O) groups is 2. The molecular weight excluding hydrogens is 505 g/mol. The van der Waals surface area contributed by atoms with Crippen molar-refractivity contribution in [2.24, 2.45) is 5.92 Å². The Morgan fingerprint density at radius 3 is 2.16 bits per heavy atom. The highest BCUT2D eigenvalue weighted by atomic mass is 19.4. The Morgan fingerprint density at radius 1 is 0.921 bits per heavy atom. The van der Waals surface area contributed by atoms with Crippen molar-refractivity contribution in [3.63, 3.8) is 0 Å². The van der Waals surface area contributed by atoms with E-state index in [0.717, 1.165) is 0 Å². The van der Waals surface area contributed by atoms with Crippen LogP contribution >= 0.6 is 0 Å². The van der Waals surface area contributed by atoms with Crippen molar-refractivity contribution in [1.29, 1.82) is 0 Å². The molecule has 2 unspecified atom stereocenters. The molecule has 1 saturated heterocycles. The lowest BCUT2D eigenvalue weighted by atomic mass is 9.82. The number of nitro benzene ring substituents is 1. The third-order valence-electron chi connectivity index (χ3n) is 6.20. The molecule has 3 aromatic rings. The van der Waals surface area contributed by atoms with Gasteiger partial charge in [0, 0.05) is 43.1 Å². The average Bonchev–Trinajstić information content (AvgIpc) is 2.89. The smallest absolute Gasteiger partial charge is 0.410 e. The molecule has 0 radical (unpaired) electrons. The van der Waals surface area contributed by atoms with Gasteiger partial charge >= 0.3 is 12.5 Å². The predicted octanol–water partition coefficient (Wildman–Crippen LogP) is 6.37. The number of amides is 1. The number of hydrogen-bond donors (Lipinski definition) is 0. The highest BCUT2D eigenvalue weighted by Crippen LogP contribution is 2.34. The van der Waals surface area contributed by atoms with Crippen LogP contribution < -0.4 is 9.47 Å². The van der Waals surface area contributed by atoms with Crippen molar-refractivity contribution in [3.05, 3.63) is 100 Å². The van der Waals surface area contributed by atoms with E-state index in [1.54, 1.807) is 30.3 Å². The summed E-state index contributed by atoms with van der Waals surface area (Å²) in [5.74, 6) is -0.844. The number of non-ortho nitro benzene ring substituents is 1. The van der Waals surface area contributed by atoms with Crippen molar-refractivity contribution in [2.75, 3.05) is 13.1 Å². The van der Waals surface area contributed by atoms with Gasteiger partial charge in [-0.3, -0.25) is 14.9 Å². The number of ether oxygens (including phenoxy) is 2. The van der Waals surface area contributed by atoms with Gasteiger partial charge in [0.15, 0.2) is 5.78 Å². The van der Waals surface area contributed by atoms with Gasteiger partial charge in [-0.15, -0.1) is 13.2 Å². The van der Waals surface area contributed by atoms with E-state index in [1.165, 1.54) is 53.4 Å². The Hall–Kier alpha value is -4.41. The molecule has 0 bridgehead atoms. The predicted molar refractivity (Wildman–Crippen MR) is 130 cm³/mol. The summed E-state index contributed by atoms with van der Waals surface area (Å²) >= 11 is 0. The molecule has 198 valence electrons. The number of ketones is 1. The maximum atomic E-state index is 13.0. The molecule has 38 heavy (non-hydrogen) atoms. The molecule has 8 nitrogen and oxygen atoms in total. The lowest BCUT2D eigenvalue weighted by Crippen LogP contribution is -2.45. The minimum absolute atomic E-state index is 0.0890. The number of piperidine rings is 1. The quantitative estimate of drug-likeness (QED) is 0.201. The fourth-order valence-corrected chi connectivity index (χ4v) is 4.49. The largest absolute Gasteiger partial charge is 0.573 e. The van der Waals surface area contributed by atoms with Crippen LogP contribution in [0.5, 0.6) is 11.5 Å². The van der Waals surface area contributed by atoms with Gasteiger partial charge in [-0.05, 0) is 42.2 Å². The first-order chi connectivity index (χ1) is 18.1. The summed E-state index contributed by atoms with van der Waals surface area (Å²) in [5, 5.41) is 10.9. The van der Waals surface area contributed by atoms with Gasteiger partial charge < -0.3 is 14.4 Å². The first-order valence-electron chi connectivity index (χ1n) is 11.7. The number of nitrogens with zero attached hydrogens (tertiary/aromatic N) is 2. The zero-order chi connectivity index (χ0) is 27.3. The summed E-state index contributed by atoms with van der Waals surface area (Å²) in [6, 6.07) is 19.2. The molecule has 0 N–H and O–H groups in total. The van der Waals surface area contributed by atoms with Crippen LogP contribution in [0.4, 0.5) is 23.7 Å². The standard InChI is InChI=1S/C27H23F3N2O6/c28-27(29,30)38-24-10-6-19(7-11-24)21-14-18(15-25(33)20-4-2-1-3-5-20)16-31(17-21)26(34)37-23-12-8-22(9-13-23)32(35)36/h1-13,18,21H,14-17H2. The molecule has 1 heterocycles. The summed E-state index contributed by atoms with van der Waals surface area (Å²) in [6.45, 7) is 0.442. The second-order valence-corrected chi connectivity index (χ2v) is 8.93. The molecular formula is C27H23F3N2O6. The Morgan fingerprint density at radius 2 is 1.55 bits per heavy atom. The first kappa shape index (κ1) is 26.6. The SMILES string of the molecule is O=C(CC1CC(c2ccc(OC(F)(F)F)cc2)CN(C(=O)Oc2ccc([N+](=O)[O-])cc2)C1)c1ccccc1. The highest BCUT2D eigenvalue weighted by molar-refractivity contribution is 5.96. The van der Waals surface area contributed by atoms with E-state index < -0.39 is 17.4 Å². The molecule has 0 aromatic heterocycles. The molecule has 1 aliphatic heterocycles. The molecule has 2 atom stereocenters. The number of hydrogen-bond acceptors (Lipinski definition) is 6. The molecule has 3 aromatic carbocycles. The van der Waals surface area contributed by atoms with E-state index in [4.69, 9.17) is 4.74 Å². The molecule has 1 fully saturated rings. The number of likely N-dealkylation sites (tertiary alicyclic amines) is 1. The number of nitro groups is 1. The van der Waals surface area contributed by atoms with Gasteiger partial charge in [-0.1, -0.05) is 42.5 Å². The van der Waals surface area contributed by atoms with E-state index in [1.807, 2.05) is 0 Å². The summed E-state index contributed by atoms with van der Waals surface area (Å²) in [6.07, 6.45) is -4.82. The summed E-state index contributed by atoms with van der Waals surface area (Å²) in [7, 11) is 0. The lowest BCUT2D eigenvalue weighted by molar-refractivity contribution is -0.384. The number of rotatable bonds is 7. The monoisotopic (exact) mass is 528 g/mol. The van der Waals surface area contributed by atoms with Crippen molar-refractivity contribution in [2.45, 2.75) is 25.1 Å². The van der Waals surface area contributed by atoms with E-state index in [2.05, 4.69) is 4.74 Å². The third-order valence-corrected chi connectivity index (χ3v) is 6.20. The van der Waals surface area contributed by atoms with E-state index in [0.29, 0.717) is 17.5 Å². The minimum atomic E-state index is -4.81. The normalized spacial score (nSPS) is 17.5. The van der Waals surface area contributed by atoms with Crippen molar-refractivity contribution in [3.8, 4) is 11.5 Å². The van der Waals surface area contributed by atoms with E-state index in [9.17, 15) is 32.9 Å². The Bertz CT molecular complexity index is 1280. The van der Waals surface area contributed by atoms with Gasteiger partial charge in [0.1, 0.15) is 11.5 Å². The van der Waals surface area contributed by atoms with Crippen molar-refractivity contribution in [1.82, 2.24) is 4.90 Å². The van der Waals surface area contributed by atoms with Crippen LogP contribution in [0.15, 0.2) is 78.9 Å². The highest BCUT2D eigenvalue weighted by Gasteiger charge is 2.34. The van der Waals surface area contributed by atoms with Gasteiger partial charge in [0.2, 0.25) is 0 Å². The molecule has 11 heteroatoms. The van der Waals surface area contributed by atoms with Crippen LogP contribution in [0.25, 0.3) is 0 Å². The Balaban J connectivity index is 1.52. The first-order valence-corrected chi connectivity index (χ1v) is 11.7. The molecule has 1 amide bonds. The van der Waals surface area contributed by atoms with Crippen LogP contribution in [-0.2, 0) is 0 Å². The van der Waals surface area contributed by atoms with E-state index in [-0.39, 0.29) is 54.3 Å². The van der Waals surface area contributed by atoms with Crippen LogP contribution in [0.1, 0.15) is 34.7 Å². The average molecular weight is 528 g/mol. The Kier molecular flexibility index (Phi) is 7.94. The number of Topliss-reactive ketones (excluding diaryl/α,β-unsaturated/α-hetero) is 1. The van der Waals surface area contributed by atoms with Crippen molar-refractivity contribution < 1.29 is 37.2 Å². The zero-order valence-electron chi connectivity index (χ0n) is 20.0. The van der Waals surface area contributed by atoms with Gasteiger partial charge in [0.25, 0.3) is 5.69 Å². The lowest BCUT2D eigenvalue weighted by Gasteiger charge is -2.37. The molecule has 1 aliphatic rings. The van der Waals surface area contributed by atoms with Crippen LogP contribution in [0.2, 0.25) is 0 Å². The summed E-state index contributed by atoms with van der Waals surface area (Å²) in [5.41, 5.74) is 1.08.